The lowest BCUT2D eigenvalue weighted by atomic mass is 9.96. The maximum atomic E-state index is 13.5. The number of rotatable bonds is 7. The lowest BCUT2D eigenvalue weighted by Crippen LogP contribution is -2.43. The molecule has 0 aromatic heterocycles. The van der Waals surface area contributed by atoms with E-state index in [9.17, 15) is 18.0 Å². The van der Waals surface area contributed by atoms with Crippen molar-refractivity contribution in [1.82, 2.24) is 9.62 Å². The fourth-order valence-corrected chi connectivity index (χ4v) is 6.62. The van der Waals surface area contributed by atoms with E-state index in [0.717, 1.165) is 33.5 Å². The number of aryl methyl sites for hydroxylation is 2. The topological polar surface area (TPSA) is 95.6 Å². The Balaban J connectivity index is 1.62. The first kappa shape index (κ1) is 26.9. The van der Waals surface area contributed by atoms with E-state index in [0.29, 0.717) is 37.2 Å². The number of piperidine rings is 1. The van der Waals surface area contributed by atoms with Gasteiger partial charge in [0.05, 0.1) is 10.9 Å². The highest BCUT2D eigenvalue weighted by molar-refractivity contribution is 7.89. The maximum Gasteiger partial charge on any atom is 0.243 e. The van der Waals surface area contributed by atoms with Crippen LogP contribution in [0.3, 0.4) is 0 Å². The Hall–Kier alpha value is -2.71. The van der Waals surface area contributed by atoms with Gasteiger partial charge in [-0.2, -0.15) is 4.31 Å². The lowest BCUT2D eigenvalue weighted by Gasteiger charge is -2.32. The summed E-state index contributed by atoms with van der Waals surface area (Å²) < 4.78 is 28.5. The molecule has 1 aliphatic rings. The first-order valence-corrected chi connectivity index (χ1v) is 13.7. The second-order valence-corrected chi connectivity index (χ2v) is 11.4. The number of benzene rings is 2. The van der Waals surface area contributed by atoms with E-state index in [2.05, 4.69) is 10.6 Å². The molecule has 2 aromatic rings. The van der Waals surface area contributed by atoms with Gasteiger partial charge >= 0.3 is 0 Å². The Kier molecular flexibility index (Phi) is 8.38. The summed E-state index contributed by atoms with van der Waals surface area (Å²) in [6.07, 6.45) is 1.39. The molecule has 2 N–H and O–H groups in total. The van der Waals surface area contributed by atoms with Gasteiger partial charge in [0.2, 0.25) is 21.8 Å². The lowest BCUT2D eigenvalue weighted by molar-refractivity contribution is -0.126. The third-order valence-corrected chi connectivity index (χ3v) is 9.27. The van der Waals surface area contributed by atoms with E-state index >= 15 is 0 Å². The van der Waals surface area contributed by atoms with Crippen molar-refractivity contribution in [1.29, 1.82) is 0 Å². The maximum absolute atomic E-state index is 13.5. The minimum absolute atomic E-state index is 0.0460. The number of carbonyl (C=O) groups excluding carboxylic acids is 2. The number of nitrogens with zero attached hydrogens (tertiary/aromatic N) is 1. The van der Waals surface area contributed by atoms with E-state index in [1.165, 1.54) is 4.31 Å². The van der Waals surface area contributed by atoms with Crippen LogP contribution in [0, 0.1) is 33.6 Å². The van der Waals surface area contributed by atoms with E-state index < -0.39 is 10.0 Å². The summed E-state index contributed by atoms with van der Waals surface area (Å²) in [5.41, 5.74) is 5.19. The van der Waals surface area contributed by atoms with Crippen LogP contribution in [0.15, 0.2) is 35.2 Å². The minimum atomic E-state index is -3.63. The van der Waals surface area contributed by atoms with Crippen LogP contribution >= 0.6 is 0 Å². The normalized spacial score (nSPS) is 16.1. The molecule has 8 heteroatoms. The molecule has 1 saturated heterocycles. The zero-order valence-electron chi connectivity index (χ0n) is 21.6. The molecule has 7 nitrogen and oxygen atoms in total. The molecule has 3 rings (SSSR count). The van der Waals surface area contributed by atoms with Gasteiger partial charge in [0.25, 0.3) is 0 Å². The molecule has 0 bridgehead atoms. The summed E-state index contributed by atoms with van der Waals surface area (Å²) >= 11 is 0. The van der Waals surface area contributed by atoms with Gasteiger partial charge in [0.1, 0.15) is 0 Å². The largest absolute Gasteiger partial charge is 0.349 e. The highest BCUT2D eigenvalue weighted by Crippen LogP contribution is 2.31. The van der Waals surface area contributed by atoms with Gasteiger partial charge in [-0.25, -0.2) is 8.42 Å². The number of anilines is 1. The van der Waals surface area contributed by atoms with Crippen molar-refractivity contribution in [2.24, 2.45) is 5.92 Å². The second-order valence-electron chi connectivity index (χ2n) is 9.52. The average molecular weight is 500 g/mol. The zero-order valence-corrected chi connectivity index (χ0v) is 22.4. The molecule has 2 amide bonds. The van der Waals surface area contributed by atoms with Crippen molar-refractivity contribution in [3.8, 4) is 0 Å². The van der Waals surface area contributed by atoms with E-state index in [1.54, 1.807) is 6.92 Å². The van der Waals surface area contributed by atoms with Gasteiger partial charge in [-0.15, -0.1) is 0 Å². The molecule has 190 valence electrons. The Labute approximate surface area is 209 Å². The molecule has 0 radical (unpaired) electrons. The highest BCUT2D eigenvalue weighted by atomic mass is 32.2. The van der Waals surface area contributed by atoms with Crippen LogP contribution in [0.1, 0.15) is 67.0 Å². The summed E-state index contributed by atoms with van der Waals surface area (Å²) in [7, 11) is -3.63. The third kappa shape index (κ3) is 5.93. The van der Waals surface area contributed by atoms with Crippen molar-refractivity contribution >= 4 is 27.5 Å². The molecule has 2 aromatic carbocycles. The third-order valence-electron chi connectivity index (χ3n) is 7.09. The number of hydrogen-bond acceptors (Lipinski definition) is 4. The smallest absolute Gasteiger partial charge is 0.243 e. The van der Waals surface area contributed by atoms with Gasteiger partial charge in [0, 0.05) is 31.1 Å². The number of sulfonamides is 1. The van der Waals surface area contributed by atoms with Crippen LogP contribution in [0.4, 0.5) is 5.69 Å². The van der Waals surface area contributed by atoms with Gasteiger partial charge in [-0.05, 0) is 87.4 Å². The van der Waals surface area contributed by atoms with E-state index in [4.69, 9.17) is 0 Å². The number of hydrogen-bond donors (Lipinski definition) is 2. The van der Waals surface area contributed by atoms with Gasteiger partial charge in [0.15, 0.2) is 0 Å². The second kappa shape index (κ2) is 10.9. The molecule has 1 heterocycles. The van der Waals surface area contributed by atoms with Crippen molar-refractivity contribution in [3.63, 3.8) is 0 Å². The summed E-state index contributed by atoms with van der Waals surface area (Å²) in [4.78, 5) is 24.9. The summed E-state index contributed by atoms with van der Waals surface area (Å²) in [5.74, 6) is -0.333. The molecule has 1 fully saturated rings. The Morgan fingerprint density at radius 1 is 1.00 bits per heavy atom. The summed E-state index contributed by atoms with van der Waals surface area (Å²) in [5, 5.41) is 5.87. The molecular formula is C27H37N3O4S. The fourth-order valence-electron chi connectivity index (χ4n) is 4.57. The number of carbonyl (C=O) groups is 2. The number of amides is 2. The average Bonchev–Trinajstić information content (AvgIpc) is 2.83. The monoisotopic (exact) mass is 499 g/mol. The zero-order chi connectivity index (χ0) is 25.9. The minimum Gasteiger partial charge on any atom is -0.349 e. The molecule has 0 saturated carbocycles. The standard InChI is InChI=1S/C27H37N3O4S/c1-7-25(31)29-24-10-8-22(9-11-24)21(6)28-27(32)23-12-14-30(15-13-23)35(33,34)26-19(4)17(2)16-18(3)20(26)5/h8-11,16,21,23H,7,12-15H2,1-6H3,(H,28,32)(H,29,31). The SMILES string of the molecule is CCC(=O)Nc1ccc(C(C)NC(=O)C2CCN(S(=O)(=O)c3c(C)c(C)cc(C)c3C)CC2)cc1. The predicted molar refractivity (Wildman–Crippen MR) is 139 cm³/mol. The molecule has 1 unspecified atom stereocenters. The first-order valence-electron chi connectivity index (χ1n) is 12.2. The van der Waals surface area contributed by atoms with E-state index in [-0.39, 0.29) is 23.8 Å². The van der Waals surface area contributed by atoms with Crippen molar-refractivity contribution in [2.45, 2.75) is 71.7 Å². The molecule has 1 atom stereocenters. The van der Waals surface area contributed by atoms with Crippen molar-refractivity contribution in [3.05, 3.63) is 58.1 Å². The van der Waals surface area contributed by atoms with Crippen LogP contribution in [-0.4, -0.2) is 37.6 Å². The summed E-state index contributed by atoms with van der Waals surface area (Å²) in [6.45, 7) is 12.0. The fraction of sp³-hybridized carbons (Fsp3) is 0.481. The molecule has 1 aliphatic heterocycles. The summed E-state index contributed by atoms with van der Waals surface area (Å²) in [6, 6.07) is 9.26. The number of nitrogens with one attached hydrogen (secondary N) is 2. The Bertz CT molecular complexity index is 1170. The molecular weight excluding hydrogens is 462 g/mol. The molecule has 0 spiro atoms. The molecule has 0 aliphatic carbocycles. The quantitative estimate of drug-likeness (QED) is 0.584. The van der Waals surface area contributed by atoms with E-state index in [1.807, 2.05) is 65.0 Å². The van der Waals surface area contributed by atoms with Crippen LogP contribution in [0.2, 0.25) is 0 Å². The van der Waals surface area contributed by atoms with Crippen LogP contribution < -0.4 is 10.6 Å². The van der Waals surface area contributed by atoms with Crippen LogP contribution in [-0.2, 0) is 19.6 Å². The van der Waals surface area contributed by atoms with Gasteiger partial charge in [-0.1, -0.05) is 25.1 Å². The van der Waals surface area contributed by atoms with Gasteiger partial charge < -0.3 is 10.6 Å². The van der Waals surface area contributed by atoms with Gasteiger partial charge in [-0.3, -0.25) is 9.59 Å². The first-order chi connectivity index (χ1) is 16.4. The Morgan fingerprint density at radius 2 is 1.54 bits per heavy atom. The Morgan fingerprint density at radius 3 is 2.06 bits per heavy atom. The molecule has 35 heavy (non-hydrogen) atoms. The van der Waals surface area contributed by atoms with Crippen LogP contribution in [0.5, 0.6) is 0 Å². The van der Waals surface area contributed by atoms with Crippen LogP contribution in [0.25, 0.3) is 0 Å². The van der Waals surface area contributed by atoms with Crippen molar-refractivity contribution in [2.75, 3.05) is 18.4 Å². The highest BCUT2D eigenvalue weighted by Gasteiger charge is 2.34. The predicted octanol–water partition coefficient (Wildman–Crippen LogP) is 4.55. The van der Waals surface area contributed by atoms with Crippen molar-refractivity contribution < 1.29 is 18.0 Å².